The summed E-state index contributed by atoms with van der Waals surface area (Å²) in [6, 6.07) is 0. The fraction of sp³-hybridized carbons (Fsp3) is 0.583. The lowest BCUT2D eigenvalue weighted by molar-refractivity contribution is -0.141. The molecule has 0 aliphatic rings. The number of likely N-dealkylation sites (N-methyl/N-ethyl adjacent to an activating group) is 3. The molecule has 0 aliphatic carbocycles. The molecule has 1 N–H and O–H groups in total. The predicted octanol–water partition coefficient (Wildman–Crippen LogP) is -2.69. The van der Waals surface area contributed by atoms with Gasteiger partial charge in [0.1, 0.15) is 6.29 Å². The monoisotopic (exact) mass is 300 g/mol. The average molecular weight is 300 g/mol. The van der Waals surface area contributed by atoms with Crippen LogP contribution in [0, 0.1) is 0 Å². The van der Waals surface area contributed by atoms with Crippen molar-refractivity contribution in [2.75, 3.05) is 47.3 Å². The molecule has 9 nitrogen and oxygen atoms in total. The van der Waals surface area contributed by atoms with Crippen LogP contribution in [0.4, 0.5) is 0 Å². The standard InChI is InChI=1S/C12H20N4O5/c1-14(9-18)7-11(20)16(3)8-12(21)15(2)6-10(19)13-4-5-17/h5,9H,4,6-8H2,1-3H3,(H,13,19). The van der Waals surface area contributed by atoms with E-state index in [-0.39, 0.29) is 26.2 Å². The minimum Gasteiger partial charge on any atom is -0.348 e. The van der Waals surface area contributed by atoms with Gasteiger partial charge in [0.05, 0.1) is 26.2 Å². The van der Waals surface area contributed by atoms with Gasteiger partial charge in [-0.2, -0.15) is 0 Å². The van der Waals surface area contributed by atoms with Gasteiger partial charge >= 0.3 is 0 Å². The van der Waals surface area contributed by atoms with Gasteiger partial charge in [0, 0.05) is 21.1 Å². The molecular weight excluding hydrogens is 280 g/mol. The molecule has 0 rings (SSSR count). The molecule has 0 heterocycles. The molecule has 0 bridgehead atoms. The van der Waals surface area contributed by atoms with Crippen molar-refractivity contribution in [3.63, 3.8) is 0 Å². The third-order valence-corrected chi connectivity index (χ3v) is 2.55. The number of hydrogen-bond donors (Lipinski definition) is 1. The van der Waals surface area contributed by atoms with E-state index in [9.17, 15) is 24.0 Å². The van der Waals surface area contributed by atoms with Crippen LogP contribution >= 0.6 is 0 Å². The highest BCUT2D eigenvalue weighted by atomic mass is 16.2. The Kier molecular flexibility index (Phi) is 8.35. The van der Waals surface area contributed by atoms with Gasteiger partial charge in [-0.05, 0) is 0 Å². The van der Waals surface area contributed by atoms with Crippen LogP contribution < -0.4 is 5.32 Å². The summed E-state index contributed by atoms with van der Waals surface area (Å²) in [5.41, 5.74) is 0. The summed E-state index contributed by atoms with van der Waals surface area (Å²) in [5.74, 6) is -1.29. The minimum absolute atomic E-state index is 0.114. The highest BCUT2D eigenvalue weighted by molar-refractivity contribution is 5.89. The Balaban J connectivity index is 4.27. The lowest BCUT2D eigenvalue weighted by atomic mass is 10.4. The summed E-state index contributed by atoms with van der Waals surface area (Å²) in [7, 11) is 4.29. The molecule has 0 saturated heterocycles. The predicted molar refractivity (Wildman–Crippen MR) is 73.0 cm³/mol. The van der Waals surface area contributed by atoms with E-state index in [0.717, 1.165) is 9.80 Å². The Bertz CT molecular complexity index is 412. The highest BCUT2D eigenvalue weighted by Crippen LogP contribution is 1.92. The lowest BCUT2D eigenvalue weighted by Crippen LogP contribution is -2.45. The van der Waals surface area contributed by atoms with E-state index in [0.29, 0.717) is 12.7 Å². The summed E-state index contributed by atoms with van der Waals surface area (Å²) in [4.78, 5) is 58.8. The second-order valence-corrected chi connectivity index (χ2v) is 4.49. The van der Waals surface area contributed by atoms with Crippen LogP contribution in [0.2, 0.25) is 0 Å². The number of nitrogens with zero attached hydrogens (tertiary/aromatic N) is 3. The van der Waals surface area contributed by atoms with Gasteiger partial charge in [-0.25, -0.2) is 0 Å². The van der Waals surface area contributed by atoms with E-state index in [1.165, 1.54) is 26.0 Å². The molecule has 4 amide bonds. The quantitative estimate of drug-likeness (QED) is 0.467. The van der Waals surface area contributed by atoms with E-state index >= 15 is 0 Å². The molecule has 0 unspecified atom stereocenters. The topological polar surface area (TPSA) is 107 Å². The molecule has 0 aromatic rings. The number of hydrogen-bond acceptors (Lipinski definition) is 5. The van der Waals surface area contributed by atoms with Crippen molar-refractivity contribution < 1.29 is 24.0 Å². The smallest absolute Gasteiger partial charge is 0.242 e. The van der Waals surface area contributed by atoms with Gasteiger partial charge < -0.3 is 24.8 Å². The molecule has 0 fully saturated rings. The van der Waals surface area contributed by atoms with E-state index in [1.54, 1.807) is 0 Å². The maximum atomic E-state index is 11.8. The van der Waals surface area contributed by atoms with E-state index in [4.69, 9.17) is 0 Å². The van der Waals surface area contributed by atoms with Crippen molar-refractivity contribution in [1.29, 1.82) is 0 Å². The lowest BCUT2D eigenvalue weighted by Gasteiger charge is -2.22. The number of rotatable bonds is 9. The molecule has 0 radical (unpaired) electrons. The van der Waals surface area contributed by atoms with Gasteiger partial charge in [0.2, 0.25) is 24.1 Å². The molecule has 0 aliphatic heterocycles. The number of carbonyl (C=O) groups is 5. The molecular formula is C12H20N4O5. The van der Waals surface area contributed by atoms with Crippen molar-refractivity contribution in [2.24, 2.45) is 0 Å². The summed E-state index contributed by atoms with van der Waals surface area (Å²) in [5, 5.41) is 2.30. The summed E-state index contributed by atoms with van der Waals surface area (Å²) in [6.07, 6.45) is 1.05. The molecule has 0 aromatic heterocycles. The van der Waals surface area contributed by atoms with Crippen LogP contribution in [0.5, 0.6) is 0 Å². The molecule has 9 heteroatoms. The van der Waals surface area contributed by atoms with E-state index in [1.807, 2.05) is 0 Å². The normalized spacial score (nSPS) is 9.48. The molecule has 0 atom stereocenters. The van der Waals surface area contributed by atoms with Crippen molar-refractivity contribution in [2.45, 2.75) is 0 Å². The van der Waals surface area contributed by atoms with Gasteiger partial charge in [-0.15, -0.1) is 0 Å². The second-order valence-electron chi connectivity index (χ2n) is 4.49. The molecule has 0 spiro atoms. The Hall–Kier alpha value is -2.45. The summed E-state index contributed by atoms with van der Waals surface area (Å²) in [6.45, 7) is -0.653. The largest absolute Gasteiger partial charge is 0.348 e. The van der Waals surface area contributed by atoms with E-state index < -0.39 is 17.7 Å². The second kappa shape index (κ2) is 9.45. The van der Waals surface area contributed by atoms with Crippen LogP contribution in [-0.2, 0) is 24.0 Å². The zero-order chi connectivity index (χ0) is 16.4. The number of amides is 4. The third-order valence-electron chi connectivity index (χ3n) is 2.55. The molecule has 0 aromatic carbocycles. The maximum Gasteiger partial charge on any atom is 0.242 e. The van der Waals surface area contributed by atoms with Crippen LogP contribution in [0.1, 0.15) is 0 Å². The summed E-state index contributed by atoms with van der Waals surface area (Å²) < 4.78 is 0. The first-order valence-electron chi connectivity index (χ1n) is 6.15. The first-order valence-corrected chi connectivity index (χ1v) is 6.15. The van der Waals surface area contributed by atoms with Crippen molar-refractivity contribution in [3.05, 3.63) is 0 Å². The number of carbonyl (C=O) groups excluding carboxylic acids is 5. The highest BCUT2D eigenvalue weighted by Gasteiger charge is 2.18. The SMILES string of the molecule is CN(C=O)CC(=O)N(C)CC(=O)N(C)CC(=O)NCC=O. The zero-order valence-corrected chi connectivity index (χ0v) is 12.4. The van der Waals surface area contributed by atoms with Crippen LogP contribution in [0.3, 0.4) is 0 Å². The number of nitrogens with one attached hydrogen (secondary N) is 1. The fourth-order valence-electron chi connectivity index (χ4n) is 1.30. The fourth-order valence-corrected chi connectivity index (χ4v) is 1.30. The van der Waals surface area contributed by atoms with Gasteiger partial charge in [-0.1, -0.05) is 0 Å². The van der Waals surface area contributed by atoms with Crippen molar-refractivity contribution in [1.82, 2.24) is 20.0 Å². The van der Waals surface area contributed by atoms with Crippen molar-refractivity contribution in [3.8, 4) is 0 Å². The minimum atomic E-state index is -0.465. The van der Waals surface area contributed by atoms with Gasteiger partial charge in [0.15, 0.2) is 0 Å². The Morgan fingerprint density at radius 2 is 1.43 bits per heavy atom. The Labute approximate surface area is 122 Å². The molecule has 0 saturated carbocycles. The Morgan fingerprint density at radius 3 is 1.95 bits per heavy atom. The summed E-state index contributed by atoms with van der Waals surface area (Å²) >= 11 is 0. The average Bonchev–Trinajstić information content (AvgIpc) is 2.44. The van der Waals surface area contributed by atoms with Crippen LogP contribution in [0.25, 0.3) is 0 Å². The third kappa shape index (κ3) is 7.65. The first kappa shape index (κ1) is 18.6. The van der Waals surface area contributed by atoms with Crippen LogP contribution in [-0.4, -0.2) is 92.4 Å². The molecule has 118 valence electrons. The van der Waals surface area contributed by atoms with Gasteiger partial charge in [-0.3, -0.25) is 19.2 Å². The van der Waals surface area contributed by atoms with Crippen LogP contribution in [0.15, 0.2) is 0 Å². The zero-order valence-electron chi connectivity index (χ0n) is 12.4. The van der Waals surface area contributed by atoms with E-state index in [2.05, 4.69) is 5.32 Å². The Morgan fingerprint density at radius 1 is 0.905 bits per heavy atom. The maximum absolute atomic E-state index is 11.8. The molecule has 21 heavy (non-hydrogen) atoms. The van der Waals surface area contributed by atoms with Crippen molar-refractivity contribution >= 4 is 30.4 Å². The number of aldehydes is 1. The first-order chi connectivity index (χ1) is 9.81. The van der Waals surface area contributed by atoms with Gasteiger partial charge in [0.25, 0.3) is 0 Å².